The highest BCUT2D eigenvalue weighted by Gasteiger charge is 2.30. The minimum Gasteiger partial charge on any atom is -0.278 e. The van der Waals surface area contributed by atoms with Crippen molar-refractivity contribution in [2.24, 2.45) is 0 Å². The van der Waals surface area contributed by atoms with Crippen LogP contribution in [-0.2, 0) is 6.42 Å². The summed E-state index contributed by atoms with van der Waals surface area (Å²) in [6.07, 6.45) is 0.816. The molecule has 0 spiro atoms. The molecule has 0 aliphatic heterocycles. The van der Waals surface area contributed by atoms with Gasteiger partial charge in [0.1, 0.15) is 5.82 Å². The summed E-state index contributed by atoms with van der Waals surface area (Å²) >= 11 is 0. The van der Waals surface area contributed by atoms with Crippen LogP contribution in [0.1, 0.15) is 22.9 Å². The van der Waals surface area contributed by atoms with E-state index in [2.05, 4.69) is 155 Å². The van der Waals surface area contributed by atoms with Gasteiger partial charge >= 0.3 is 0 Å². The van der Waals surface area contributed by atoms with Crippen LogP contribution in [0, 0.1) is 0 Å². The number of benzene rings is 6. The molecule has 0 saturated heterocycles. The van der Waals surface area contributed by atoms with Crippen molar-refractivity contribution in [1.82, 2.24) is 24.1 Å². The molecule has 0 saturated carbocycles. The van der Waals surface area contributed by atoms with Gasteiger partial charge in [-0.2, -0.15) is 15.0 Å². The number of hydrogen-bond donors (Lipinski definition) is 0. The van der Waals surface area contributed by atoms with Crippen LogP contribution >= 0.6 is 0 Å². The Morgan fingerprint density at radius 1 is 0.413 bits per heavy atom. The van der Waals surface area contributed by atoms with Gasteiger partial charge in [-0.1, -0.05) is 121 Å². The maximum absolute atomic E-state index is 5.37. The molecule has 10 rings (SSSR count). The van der Waals surface area contributed by atoms with E-state index in [4.69, 9.17) is 15.0 Å². The minimum atomic E-state index is -0.0345. The molecule has 3 aromatic heterocycles. The molecule has 0 radical (unpaired) electrons. The lowest BCUT2D eigenvalue weighted by atomic mass is 9.78. The Morgan fingerprint density at radius 2 is 0.826 bits per heavy atom. The molecular formula is C41H27N5. The zero-order valence-corrected chi connectivity index (χ0v) is 24.9. The maximum Gasteiger partial charge on any atom is 0.239 e. The van der Waals surface area contributed by atoms with E-state index in [1.165, 1.54) is 43.8 Å². The second kappa shape index (κ2) is 9.71. The second-order valence-corrected chi connectivity index (χ2v) is 12.0. The fraction of sp³-hybridized carbons (Fsp3) is 0.0488. The summed E-state index contributed by atoms with van der Waals surface area (Å²) in [5.41, 5.74) is 9.37. The molecule has 5 heteroatoms. The molecule has 1 aliphatic carbocycles. The van der Waals surface area contributed by atoms with Crippen LogP contribution in [0.3, 0.4) is 0 Å². The first kappa shape index (κ1) is 25.3. The third kappa shape index (κ3) is 3.60. The summed E-state index contributed by atoms with van der Waals surface area (Å²) in [5.74, 6) is 1.98. The van der Waals surface area contributed by atoms with E-state index < -0.39 is 0 Å². The molecule has 46 heavy (non-hydrogen) atoms. The number of hydrogen-bond acceptors (Lipinski definition) is 3. The van der Waals surface area contributed by atoms with Gasteiger partial charge < -0.3 is 0 Å². The first-order chi connectivity index (χ1) is 22.8. The van der Waals surface area contributed by atoms with Crippen molar-refractivity contribution < 1.29 is 0 Å². The molecule has 1 unspecified atom stereocenters. The van der Waals surface area contributed by atoms with E-state index in [9.17, 15) is 0 Å². The van der Waals surface area contributed by atoms with E-state index in [1.54, 1.807) is 0 Å². The summed E-state index contributed by atoms with van der Waals surface area (Å²) in [5, 5.41) is 4.71. The molecule has 0 fully saturated rings. The van der Waals surface area contributed by atoms with Gasteiger partial charge in [-0.3, -0.25) is 9.13 Å². The average Bonchev–Trinajstić information content (AvgIpc) is 3.64. The zero-order valence-electron chi connectivity index (χ0n) is 24.9. The van der Waals surface area contributed by atoms with Crippen molar-refractivity contribution in [3.05, 3.63) is 163 Å². The smallest absolute Gasteiger partial charge is 0.239 e. The number of rotatable bonds is 3. The van der Waals surface area contributed by atoms with E-state index in [1.807, 2.05) is 0 Å². The number of aromatic nitrogens is 5. The van der Waals surface area contributed by atoms with Crippen molar-refractivity contribution >= 4 is 43.6 Å². The highest BCUT2D eigenvalue weighted by Crippen LogP contribution is 2.42. The molecular weight excluding hydrogens is 562 g/mol. The molecule has 0 N–H and O–H groups in total. The van der Waals surface area contributed by atoms with Crippen LogP contribution in [0.15, 0.2) is 146 Å². The highest BCUT2D eigenvalue weighted by atomic mass is 15.3. The lowest BCUT2D eigenvalue weighted by Gasteiger charge is -2.27. The Morgan fingerprint density at radius 3 is 1.35 bits per heavy atom. The Bertz CT molecular complexity index is 2400. The van der Waals surface area contributed by atoms with E-state index in [0.29, 0.717) is 11.9 Å². The van der Waals surface area contributed by atoms with Gasteiger partial charge in [0.2, 0.25) is 11.9 Å². The fourth-order valence-corrected chi connectivity index (χ4v) is 7.57. The monoisotopic (exact) mass is 589 g/mol. The van der Waals surface area contributed by atoms with Gasteiger partial charge in [-0.25, -0.2) is 0 Å². The standard InChI is InChI=1S/C41H27N5/c1-2-14-27-26(13-1)25-34(29-16-4-3-15-28(27)29)39-42-40(45-35-21-9-5-17-30(35)31-18-6-10-22-36(31)45)44-41(43-39)46-37-23-11-7-19-32(37)33-20-8-12-24-38(33)46/h1-24,34H,25H2. The Balaban J connectivity index is 1.31. The fourth-order valence-electron chi connectivity index (χ4n) is 7.57. The van der Waals surface area contributed by atoms with Crippen LogP contribution < -0.4 is 0 Å². The number of fused-ring (bicyclic) bond motifs is 9. The maximum atomic E-state index is 5.37. The van der Waals surface area contributed by atoms with E-state index in [-0.39, 0.29) is 5.92 Å². The van der Waals surface area contributed by atoms with Crippen LogP contribution in [0.2, 0.25) is 0 Å². The van der Waals surface area contributed by atoms with Crippen LogP contribution in [0.25, 0.3) is 66.6 Å². The van der Waals surface area contributed by atoms with Gasteiger partial charge in [0.05, 0.1) is 22.1 Å². The normalized spacial score (nSPS) is 14.2. The summed E-state index contributed by atoms with van der Waals surface area (Å²) in [7, 11) is 0. The van der Waals surface area contributed by atoms with Gasteiger partial charge in [-0.05, 0) is 52.9 Å². The largest absolute Gasteiger partial charge is 0.278 e. The molecule has 6 aromatic carbocycles. The SMILES string of the molecule is c1ccc2c(c1)CC(c1nc(-n3c4ccccc4c4ccccc43)nc(-n3c4ccccc4c4ccccc43)n1)c1ccccc1-2. The molecule has 1 atom stereocenters. The third-order valence-electron chi connectivity index (χ3n) is 9.57. The Labute approximate surface area is 265 Å². The van der Waals surface area contributed by atoms with Crippen LogP contribution in [0.5, 0.6) is 0 Å². The first-order valence-corrected chi connectivity index (χ1v) is 15.7. The minimum absolute atomic E-state index is 0.0345. The molecule has 3 heterocycles. The molecule has 216 valence electrons. The first-order valence-electron chi connectivity index (χ1n) is 15.7. The van der Waals surface area contributed by atoms with Gasteiger partial charge in [0.15, 0.2) is 0 Å². The van der Waals surface area contributed by atoms with Crippen molar-refractivity contribution in [3.63, 3.8) is 0 Å². The number of para-hydroxylation sites is 4. The zero-order chi connectivity index (χ0) is 30.2. The van der Waals surface area contributed by atoms with Crippen molar-refractivity contribution in [2.45, 2.75) is 12.3 Å². The molecule has 5 nitrogen and oxygen atoms in total. The quantitative estimate of drug-likeness (QED) is 0.206. The summed E-state index contributed by atoms with van der Waals surface area (Å²) < 4.78 is 4.41. The van der Waals surface area contributed by atoms with Gasteiger partial charge in [0.25, 0.3) is 0 Å². The second-order valence-electron chi connectivity index (χ2n) is 12.0. The van der Waals surface area contributed by atoms with Crippen LogP contribution in [-0.4, -0.2) is 24.1 Å². The lowest BCUT2D eigenvalue weighted by Crippen LogP contribution is -2.19. The molecule has 9 aromatic rings. The van der Waals surface area contributed by atoms with Crippen molar-refractivity contribution in [2.75, 3.05) is 0 Å². The third-order valence-corrected chi connectivity index (χ3v) is 9.57. The van der Waals surface area contributed by atoms with E-state index >= 15 is 0 Å². The average molecular weight is 590 g/mol. The Hall–Kier alpha value is -6.07. The lowest BCUT2D eigenvalue weighted by molar-refractivity contribution is 0.703. The topological polar surface area (TPSA) is 48.5 Å². The summed E-state index contributed by atoms with van der Waals surface area (Å²) in [4.78, 5) is 16.1. The highest BCUT2D eigenvalue weighted by molar-refractivity contribution is 6.10. The van der Waals surface area contributed by atoms with Crippen LogP contribution in [0.4, 0.5) is 0 Å². The Kier molecular flexibility index (Phi) is 5.34. The summed E-state index contributed by atoms with van der Waals surface area (Å²) in [6, 6.07) is 51.5. The van der Waals surface area contributed by atoms with E-state index in [0.717, 1.165) is 34.3 Å². The van der Waals surface area contributed by atoms with Gasteiger partial charge in [0, 0.05) is 27.5 Å². The summed E-state index contributed by atoms with van der Waals surface area (Å²) in [6.45, 7) is 0. The van der Waals surface area contributed by atoms with Gasteiger partial charge in [-0.15, -0.1) is 0 Å². The molecule has 0 bridgehead atoms. The van der Waals surface area contributed by atoms with Crippen molar-refractivity contribution in [3.8, 4) is 23.0 Å². The molecule has 0 amide bonds. The molecule has 1 aliphatic rings. The number of nitrogens with zero attached hydrogens (tertiary/aromatic N) is 5. The predicted octanol–water partition coefficient (Wildman–Crippen LogP) is 9.42. The van der Waals surface area contributed by atoms with Crippen molar-refractivity contribution in [1.29, 1.82) is 0 Å². The predicted molar refractivity (Wildman–Crippen MR) is 186 cm³/mol.